The van der Waals surface area contributed by atoms with E-state index in [1.54, 1.807) is 23.9 Å². The number of ether oxygens (including phenoxy) is 1. The molecule has 0 unspecified atom stereocenters. The molecule has 5 rings (SSSR count). The summed E-state index contributed by atoms with van der Waals surface area (Å²) in [5.41, 5.74) is 2.53. The molecule has 0 radical (unpaired) electrons. The first-order valence-corrected chi connectivity index (χ1v) is 11.5. The maximum Gasteiger partial charge on any atom is 0.233 e. The molecular weight excluding hydrogens is 473 g/mol. The molecule has 0 bridgehead atoms. The van der Waals surface area contributed by atoms with Crippen LogP contribution in [0.1, 0.15) is 11.4 Å². The van der Waals surface area contributed by atoms with Crippen molar-refractivity contribution in [2.24, 2.45) is 0 Å². The maximum atomic E-state index is 13.3. The summed E-state index contributed by atoms with van der Waals surface area (Å²) in [5.74, 6) is 2.15. The number of anilines is 5. The number of hydrogen-bond donors (Lipinski definition) is 3. The van der Waals surface area contributed by atoms with Gasteiger partial charge >= 0.3 is 0 Å². The Balaban J connectivity index is 1.34. The van der Waals surface area contributed by atoms with Crippen LogP contribution in [0.15, 0.2) is 85.2 Å². The van der Waals surface area contributed by atoms with E-state index in [0.717, 1.165) is 17.0 Å². The molecule has 37 heavy (non-hydrogen) atoms. The van der Waals surface area contributed by atoms with Gasteiger partial charge in [-0.1, -0.05) is 30.3 Å². The average molecular weight is 498 g/mol. The standard InChI is InChI=1S/C26H24FN9O/c1-37-22-13-7-18(8-14-22)16-36-23(29-17-30-36)15-28-24-33-25(31-20-5-3-2-4-6-20)35-26(34-24)32-21-11-9-19(27)10-12-21/h2-14,17H,15-16H2,1H3,(H3,28,31,32,33,34,35). The number of nitrogens with one attached hydrogen (secondary N) is 3. The third kappa shape index (κ3) is 6.34. The Bertz CT molecular complexity index is 1440. The van der Waals surface area contributed by atoms with Crippen LogP contribution in [0.5, 0.6) is 5.75 Å². The fourth-order valence-electron chi connectivity index (χ4n) is 3.50. The van der Waals surface area contributed by atoms with Crippen LogP contribution in [0.3, 0.4) is 0 Å². The van der Waals surface area contributed by atoms with Crippen LogP contribution >= 0.6 is 0 Å². The van der Waals surface area contributed by atoms with Gasteiger partial charge in [-0.3, -0.25) is 0 Å². The Morgan fingerprint density at radius 3 is 2.11 bits per heavy atom. The predicted octanol–water partition coefficient (Wildman–Crippen LogP) is 4.76. The van der Waals surface area contributed by atoms with Gasteiger partial charge in [0.2, 0.25) is 17.8 Å². The van der Waals surface area contributed by atoms with E-state index in [0.29, 0.717) is 42.4 Å². The van der Waals surface area contributed by atoms with Crippen LogP contribution in [0.25, 0.3) is 0 Å². The summed E-state index contributed by atoms with van der Waals surface area (Å²) in [7, 11) is 1.64. The van der Waals surface area contributed by atoms with Gasteiger partial charge in [-0.25, -0.2) is 14.1 Å². The van der Waals surface area contributed by atoms with Crippen molar-refractivity contribution in [3.63, 3.8) is 0 Å². The normalized spacial score (nSPS) is 10.6. The summed E-state index contributed by atoms with van der Waals surface area (Å²) in [6.45, 7) is 0.886. The molecule has 186 valence electrons. The van der Waals surface area contributed by atoms with Gasteiger partial charge in [0.25, 0.3) is 0 Å². The lowest BCUT2D eigenvalue weighted by molar-refractivity contribution is 0.414. The number of hydrogen-bond acceptors (Lipinski definition) is 9. The number of aromatic nitrogens is 6. The lowest BCUT2D eigenvalue weighted by Crippen LogP contribution is -2.14. The zero-order valence-electron chi connectivity index (χ0n) is 20.0. The van der Waals surface area contributed by atoms with Crippen LogP contribution in [-0.2, 0) is 13.1 Å². The van der Waals surface area contributed by atoms with Crippen LogP contribution < -0.4 is 20.7 Å². The Morgan fingerprint density at radius 2 is 1.43 bits per heavy atom. The number of para-hydroxylation sites is 1. The van der Waals surface area contributed by atoms with E-state index >= 15 is 0 Å². The molecule has 0 fully saturated rings. The highest BCUT2D eigenvalue weighted by atomic mass is 19.1. The molecule has 0 aliphatic heterocycles. The molecule has 0 aliphatic rings. The van der Waals surface area contributed by atoms with Crippen molar-refractivity contribution in [1.82, 2.24) is 29.7 Å². The molecule has 5 aromatic rings. The lowest BCUT2D eigenvalue weighted by atomic mass is 10.2. The molecule has 0 amide bonds. The molecule has 0 spiro atoms. The molecule has 11 heteroatoms. The number of halogens is 1. The fraction of sp³-hybridized carbons (Fsp3) is 0.115. The summed E-state index contributed by atoms with van der Waals surface area (Å²) in [6, 6.07) is 23.3. The second kappa shape index (κ2) is 11.1. The largest absolute Gasteiger partial charge is 0.497 e. The minimum atomic E-state index is -0.325. The van der Waals surface area contributed by atoms with Crippen LogP contribution in [-0.4, -0.2) is 36.8 Å². The predicted molar refractivity (Wildman–Crippen MR) is 139 cm³/mol. The topological polar surface area (TPSA) is 115 Å². The molecular formula is C26H24FN9O. The highest BCUT2D eigenvalue weighted by molar-refractivity contribution is 5.59. The smallest absolute Gasteiger partial charge is 0.233 e. The molecule has 2 aromatic heterocycles. The second-order valence-corrected chi connectivity index (χ2v) is 7.96. The fourth-order valence-corrected chi connectivity index (χ4v) is 3.50. The highest BCUT2D eigenvalue weighted by Crippen LogP contribution is 2.19. The van der Waals surface area contributed by atoms with Crippen molar-refractivity contribution in [2.45, 2.75) is 13.1 Å². The number of rotatable bonds is 10. The molecule has 0 aliphatic carbocycles. The van der Waals surface area contributed by atoms with Crippen molar-refractivity contribution < 1.29 is 9.13 Å². The van der Waals surface area contributed by atoms with E-state index in [-0.39, 0.29) is 5.82 Å². The lowest BCUT2D eigenvalue weighted by Gasteiger charge is -2.12. The molecule has 3 N–H and O–H groups in total. The Kier molecular flexibility index (Phi) is 7.11. The summed E-state index contributed by atoms with van der Waals surface area (Å²) < 4.78 is 20.4. The summed E-state index contributed by atoms with van der Waals surface area (Å²) in [6.07, 6.45) is 1.51. The first-order valence-electron chi connectivity index (χ1n) is 11.5. The average Bonchev–Trinajstić information content (AvgIpc) is 3.36. The minimum absolute atomic E-state index is 0.294. The van der Waals surface area contributed by atoms with Gasteiger partial charge in [0, 0.05) is 11.4 Å². The van der Waals surface area contributed by atoms with Crippen LogP contribution in [0.2, 0.25) is 0 Å². The van der Waals surface area contributed by atoms with E-state index in [9.17, 15) is 4.39 Å². The Hall–Kier alpha value is -5.06. The highest BCUT2D eigenvalue weighted by Gasteiger charge is 2.11. The van der Waals surface area contributed by atoms with Gasteiger partial charge in [-0.05, 0) is 54.1 Å². The zero-order chi connectivity index (χ0) is 25.5. The Labute approximate surface area is 212 Å². The van der Waals surface area contributed by atoms with E-state index in [1.807, 2.05) is 54.6 Å². The van der Waals surface area contributed by atoms with Crippen molar-refractivity contribution in [2.75, 3.05) is 23.1 Å². The van der Waals surface area contributed by atoms with Gasteiger partial charge in [-0.15, -0.1) is 0 Å². The first-order chi connectivity index (χ1) is 18.1. The number of methoxy groups -OCH3 is 1. The van der Waals surface area contributed by atoms with Gasteiger partial charge in [0.05, 0.1) is 20.2 Å². The SMILES string of the molecule is COc1ccc(Cn2ncnc2CNc2nc(Nc3ccccc3)nc(Nc3ccc(F)cc3)n2)cc1. The van der Waals surface area contributed by atoms with Gasteiger partial charge in [0.15, 0.2) is 0 Å². The monoisotopic (exact) mass is 497 g/mol. The van der Waals surface area contributed by atoms with E-state index in [4.69, 9.17) is 4.74 Å². The van der Waals surface area contributed by atoms with Gasteiger partial charge in [-0.2, -0.15) is 20.1 Å². The third-order valence-electron chi connectivity index (χ3n) is 5.36. The van der Waals surface area contributed by atoms with Gasteiger partial charge in [0.1, 0.15) is 23.7 Å². The summed E-state index contributed by atoms with van der Waals surface area (Å²) in [4.78, 5) is 17.8. The summed E-state index contributed by atoms with van der Waals surface area (Å²) in [5, 5.41) is 13.8. The first kappa shape index (κ1) is 23.7. The molecule has 3 aromatic carbocycles. The molecule has 2 heterocycles. The second-order valence-electron chi connectivity index (χ2n) is 7.96. The minimum Gasteiger partial charge on any atom is -0.497 e. The zero-order valence-corrected chi connectivity index (χ0v) is 20.0. The van der Waals surface area contributed by atoms with Crippen molar-refractivity contribution in [3.8, 4) is 5.75 Å². The Morgan fingerprint density at radius 1 is 0.784 bits per heavy atom. The molecule has 0 saturated carbocycles. The van der Waals surface area contributed by atoms with Crippen molar-refractivity contribution >= 4 is 29.2 Å². The quantitative estimate of drug-likeness (QED) is 0.251. The number of nitrogens with zero attached hydrogens (tertiary/aromatic N) is 6. The molecule has 0 atom stereocenters. The van der Waals surface area contributed by atoms with Crippen LogP contribution in [0, 0.1) is 5.82 Å². The maximum absolute atomic E-state index is 13.3. The van der Waals surface area contributed by atoms with Crippen molar-refractivity contribution in [3.05, 3.63) is 102 Å². The van der Waals surface area contributed by atoms with E-state index in [2.05, 4.69) is 41.0 Å². The van der Waals surface area contributed by atoms with E-state index in [1.165, 1.54) is 18.5 Å². The van der Waals surface area contributed by atoms with Gasteiger partial charge < -0.3 is 20.7 Å². The molecule has 0 saturated heterocycles. The van der Waals surface area contributed by atoms with Crippen LogP contribution in [0.4, 0.5) is 33.6 Å². The molecule has 10 nitrogen and oxygen atoms in total. The van der Waals surface area contributed by atoms with Crippen molar-refractivity contribution in [1.29, 1.82) is 0 Å². The summed E-state index contributed by atoms with van der Waals surface area (Å²) >= 11 is 0. The van der Waals surface area contributed by atoms with E-state index < -0.39 is 0 Å². The third-order valence-corrected chi connectivity index (χ3v) is 5.36. The number of benzene rings is 3.